The molecular weight excluding hydrogens is 300 g/mol. The van der Waals surface area contributed by atoms with Crippen molar-refractivity contribution in [2.24, 2.45) is 0 Å². The van der Waals surface area contributed by atoms with Gasteiger partial charge in [0.2, 0.25) is 0 Å². The second-order valence-electron chi connectivity index (χ2n) is 4.80. The van der Waals surface area contributed by atoms with E-state index in [-0.39, 0.29) is 12.6 Å². The zero-order valence-electron chi connectivity index (χ0n) is 12.1. The minimum Gasteiger partial charge on any atom is -0.396 e. The number of aryl methyl sites for hydroxylation is 1. The monoisotopic (exact) mass is 316 g/mol. The van der Waals surface area contributed by atoms with Crippen LogP contribution in [0.25, 0.3) is 11.5 Å². The molecule has 0 saturated heterocycles. The first-order chi connectivity index (χ1) is 10.8. The van der Waals surface area contributed by atoms with Crippen molar-refractivity contribution in [1.29, 1.82) is 0 Å². The Hall–Kier alpha value is -2.25. The van der Waals surface area contributed by atoms with Gasteiger partial charge in [-0.05, 0) is 36.9 Å². The lowest BCUT2D eigenvalue weighted by Crippen LogP contribution is -2.12. The third-order valence-corrected chi connectivity index (χ3v) is 4.15. The fourth-order valence-electron chi connectivity index (χ4n) is 2.14. The summed E-state index contributed by atoms with van der Waals surface area (Å²) in [6.07, 6.45) is 2.31. The fourth-order valence-corrected chi connectivity index (χ4v) is 2.95. The maximum atomic E-state index is 9.26. The molecular formula is C15H16N4O2S. The number of aliphatic hydroxyl groups is 1. The van der Waals surface area contributed by atoms with Gasteiger partial charge < -0.3 is 14.9 Å². The minimum absolute atomic E-state index is 0.0252. The lowest BCUT2D eigenvalue weighted by molar-refractivity contribution is 0.280. The molecule has 1 atom stereocenters. The van der Waals surface area contributed by atoms with E-state index in [0.717, 1.165) is 10.4 Å². The average molecular weight is 316 g/mol. The summed E-state index contributed by atoms with van der Waals surface area (Å²) in [7, 11) is 0. The molecule has 3 aromatic rings. The molecule has 0 bridgehead atoms. The maximum Gasteiger partial charge on any atom is 0.258 e. The molecule has 0 aliphatic carbocycles. The zero-order chi connectivity index (χ0) is 15.4. The highest BCUT2D eigenvalue weighted by molar-refractivity contribution is 7.10. The molecule has 3 aromatic heterocycles. The molecule has 0 amide bonds. The van der Waals surface area contributed by atoms with Crippen LogP contribution in [0.5, 0.6) is 0 Å². The standard InChI is InChI=1S/C15H16N4O2S/c1-10-17-15(21-19-10)11-4-6-16-14(9-11)18-12(5-7-20)13-3-2-8-22-13/h2-4,6,8-9,12,20H,5,7H2,1H3,(H,16,18). The van der Waals surface area contributed by atoms with E-state index in [2.05, 4.69) is 20.4 Å². The summed E-state index contributed by atoms with van der Waals surface area (Å²) < 4.78 is 5.18. The Morgan fingerprint density at radius 1 is 1.41 bits per heavy atom. The summed E-state index contributed by atoms with van der Waals surface area (Å²) >= 11 is 1.65. The van der Waals surface area contributed by atoms with Gasteiger partial charge in [-0.15, -0.1) is 11.3 Å². The van der Waals surface area contributed by atoms with Crippen molar-refractivity contribution in [3.63, 3.8) is 0 Å². The number of hydrogen-bond donors (Lipinski definition) is 2. The highest BCUT2D eigenvalue weighted by Crippen LogP contribution is 2.27. The van der Waals surface area contributed by atoms with E-state index in [1.807, 2.05) is 29.6 Å². The smallest absolute Gasteiger partial charge is 0.258 e. The summed E-state index contributed by atoms with van der Waals surface area (Å²) in [6, 6.07) is 7.76. The van der Waals surface area contributed by atoms with Crippen molar-refractivity contribution in [2.75, 3.05) is 11.9 Å². The van der Waals surface area contributed by atoms with Gasteiger partial charge in [-0.3, -0.25) is 0 Å². The lowest BCUT2D eigenvalue weighted by atomic mass is 10.1. The molecule has 1 unspecified atom stereocenters. The predicted molar refractivity (Wildman–Crippen MR) is 84.7 cm³/mol. The van der Waals surface area contributed by atoms with Crippen LogP contribution < -0.4 is 5.32 Å². The second-order valence-corrected chi connectivity index (χ2v) is 5.78. The van der Waals surface area contributed by atoms with E-state index in [1.54, 1.807) is 24.5 Å². The molecule has 114 valence electrons. The molecule has 0 aromatic carbocycles. The van der Waals surface area contributed by atoms with Gasteiger partial charge in [0, 0.05) is 23.2 Å². The van der Waals surface area contributed by atoms with E-state index in [0.29, 0.717) is 24.0 Å². The maximum absolute atomic E-state index is 9.26. The summed E-state index contributed by atoms with van der Waals surface area (Å²) in [6.45, 7) is 1.89. The lowest BCUT2D eigenvalue weighted by Gasteiger charge is -2.17. The fraction of sp³-hybridized carbons (Fsp3) is 0.267. The topological polar surface area (TPSA) is 84.1 Å². The molecule has 22 heavy (non-hydrogen) atoms. The largest absolute Gasteiger partial charge is 0.396 e. The number of hydrogen-bond acceptors (Lipinski definition) is 7. The van der Waals surface area contributed by atoms with Crippen molar-refractivity contribution in [3.8, 4) is 11.5 Å². The van der Waals surface area contributed by atoms with Crippen LogP contribution in [0.1, 0.15) is 23.2 Å². The van der Waals surface area contributed by atoms with E-state index < -0.39 is 0 Å². The minimum atomic E-state index is 0.0252. The Labute approximate surface area is 131 Å². The second kappa shape index (κ2) is 6.67. The van der Waals surface area contributed by atoms with Crippen molar-refractivity contribution >= 4 is 17.2 Å². The number of pyridine rings is 1. The number of aromatic nitrogens is 3. The van der Waals surface area contributed by atoms with Gasteiger partial charge in [0.15, 0.2) is 5.82 Å². The Bertz CT molecular complexity index is 727. The first-order valence-corrected chi connectivity index (χ1v) is 7.82. The molecule has 0 saturated carbocycles. The first kappa shape index (κ1) is 14.7. The average Bonchev–Trinajstić information content (AvgIpc) is 3.18. The molecule has 7 heteroatoms. The number of thiophene rings is 1. The van der Waals surface area contributed by atoms with Crippen molar-refractivity contribution in [2.45, 2.75) is 19.4 Å². The van der Waals surface area contributed by atoms with Crippen molar-refractivity contribution < 1.29 is 9.63 Å². The van der Waals surface area contributed by atoms with Crippen LogP contribution in [0.15, 0.2) is 40.4 Å². The third kappa shape index (κ3) is 3.32. The number of anilines is 1. The van der Waals surface area contributed by atoms with Crippen LogP contribution in [0.2, 0.25) is 0 Å². The van der Waals surface area contributed by atoms with Crippen molar-refractivity contribution in [3.05, 3.63) is 46.5 Å². The Morgan fingerprint density at radius 2 is 2.32 bits per heavy atom. The van der Waals surface area contributed by atoms with Crippen LogP contribution in [-0.4, -0.2) is 26.8 Å². The summed E-state index contributed by atoms with van der Waals surface area (Å²) in [4.78, 5) is 9.70. The third-order valence-electron chi connectivity index (χ3n) is 3.16. The van der Waals surface area contributed by atoms with Gasteiger partial charge in [-0.25, -0.2) is 4.98 Å². The Morgan fingerprint density at radius 3 is 3.00 bits per heavy atom. The van der Waals surface area contributed by atoms with E-state index >= 15 is 0 Å². The van der Waals surface area contributed by atoms with E-state index in [9.17, 15) is 5.11 Å². The van der Waals surface area contributed by atoms with Crippen LogP contribution in [-0.2, 0) is 0 Å². The van der Waals surface area contributed by atoms with Gasteiger partial charge in [0.05, 0.1) is 6.04 Å². The molecule has 3 heterocycles. The predicted octanol–water partition coefficient (Wildman–Crippen LogP) is 3.04. The molecule has 3 rings (SSSR count). The van der Waals surface area contributed by atoms with Gasteiger partial charge in [0.1, 0.15) is 5.82 Å². The summed E-state index contributed by atoms with van der Waals surface area (Å²) in [5.74, 6) is 1.77. The SMILES string of the molecule is Cc1noc(-c2ccnc(NC(CCO)c3cccs3)c2)n1. The van der Waals surface area contributed by atoms with E-state index in [4.69, 9.17) is 4.52 Å². The molecule has 2 N–H and O–H groups in total. The van der Waals surface area contributed by atoms with Crippen LogP contribution >= 0.6 is 11.3 Å². The molecule has 0 fully saturated rings. The molecule has 6 nitrogen and oxygen atoms in total. The van der Waals surface area contributed by atoms with E-state index in [1.165, 1.54) is 0 Å². The quantitative estimate of drug-likeness (QED) is 0.727. The number of aliphatic hydroxyl groups excluding tert-OH is 1. The number of nitrogens with zero attached hydrogens (tertiary/aromatic N) is 3. The summed E-state index contributed by atoms with van der Waals surface area (Å²) in [5.41, 5.74) is 0.812. The van der Waals surface area contributed by atoms with Gasteiger partial charge in [-0.2, -0.15) is 4.98 Å². The normalized spacial score (nSPS) is 12.3. The van der Waals surface area contributed by atoms with Crippen LogP contribution in [0, 0.1) is 6.92 Å². The number of nitrogens with one attached hydrogen (secondary N) is 1. The molecule has 0 aliphatic rings. The Balaban J connectivity index is 1.82. The highest BCUT2D eigenvalue weighted by atomic mass is 32.1. The van der Waals surface area contributed by atoms with Crippen LogP contribution in [0.4, 0.5) is 5.82 Å². The Kier molecular flexibility index (Phi) is 4.45. The van der Waals surface area contributed by atoms with Crippen molar-refractivity contribution in [1.82, 2.24) is 15.1 Å². The highest BCUT2D eigenvalue weighted by Gasteiger charge is 2.14. The zero-order valence-corrected chi connectivity index (χ0v) is 12.9. The molecule has 0 spiro atoms. The van der Waals surface area contributed by atoms with Gasteiger partial charge in [-0.1, -0.05) is 11.2 Å². The molecule has 0 radical (unpaired) electrons. The van der Waals surface area contributed by atoms with Gasteiger partial charge >= 0.3 is 0 Å². The van der Waals surface area contributed by atoms with Gasteiger partial charge in [0.25, 0.3) is 5.89 Å². The number of rotatable bonds is 6. The van der Waals surface area contributed by atoms with Crippen LogP contribution in [0.3, 0.4) is 0 Å². The molecule has 0 aliphatic heterocycles. The first-order valence-electron chi connectivity index (χ1n) is 6.94. The summed E-state index contributed by atoms with van der Waals surface area (Å²) in [5, 5.41) is 18.4.